The summed E-state index contributed by atoms with van der Waals surface area (Å²) in [7, 11) is 0. The number of hydrogen-bond donors (Lipinski definition) is 0. The number of halogens is 2. The van der Waals surface area contributed by atoms with Crippen molar-refractivity contribution in [2.24, 2.45) is 0 Å². The van der Waals surface area contributed by atoms with Crippen molar-refractivity contribution < 1.29 is 13.5 Å². The summed E-state index contributed by atoms with van der Waals surface area (Å²) in [4.78, 5) is 0. The van der Waals surface area contributed by atoms with Crippen molar-refractivity contribution in [1.82, 2.24) is 0 Å². The van der Waals surface area contributed by atoms with Gasteiger partial charge in [-0.1, -0.05) is 91.9 Å². The Bertz CT molecular complexity index is 1700. The van der Waals surface area contributed by atoms with Crippen LogP contribution in [0.4, 0.5) is 8.78 Å². The van der Waals surface area contributed by atoms with E-state index >= 15 is 8.78 Å². The lowest BCUT2D eigenvalue weighted by atomic mass is 9.95. The van der Waals surface area contributed by atoms with Crippen LogP contribution >= 0.6 is 0 Å². The Morgan fingerprint density at radius 2 is 1.22 bits per heavy atom. The normalized spacial score (nSPS) is 10.7. The zero-order chi connectivity index (χ0) is 28.8. The fraction of sp³-hybridized carbons (Fsp3) is 0.158. The van der Waals surface area contributed by atoms with E-state index in [-0.39, 0.29) is 11.6 Å². The maximum atomic E-state index is 15.3. The Hall–Kier alpha value is -4.68. The second-order valence-electron chi connectivity index (χ2n) is 10.1. The first-order valence-corrected chi connectivity index (χ1v) is 14.0. The molecule has 0 saturated carbocycles. The van der Waals surface area contributed by atoms with Crippen molar-refractivity contribution in [1.29, 1.82) is 0 Å². The number of hydrogen-bond acceptors (Lipinski definition) is 1. The van der Waals surface area contributed by atoms with Crippen LogP contribution in [0.15, 0.2) is 103 Å². The molecule has 0 heterocycles. The van der Waals surface area contributed by atoms with E-state index in [1.165, 1.54) is 11.6 Å². The van der Waals surface area contributed by atoms with Crippen molar-refractivity contribution >= 4 is 0 Å². The van der Waals surface area contributed by atoms with E-state index in [0.717, 1.165) is 51.1 Å². The van der Waals surface area contributed by atoms with Gasteiger partial charge in [0.25, 0.3) is 0 Å². The Kier molecular flexibility index (Phi) is 8.61. The fourth-order valence-corrected chi connectivity index (χ4v) is 4.76. The molecule has 0 radical (unpaired) electrons. The van der Waals surface area contributed by atoms with Gasteiger partial charge in [-0.2, -0.15) is 0 Å². The summed E-state index contributed by atoms with van der Waals surface area (Å²) in [6.45, 7) is 6.76. The molecule has 0 saturated heterocycles. The van der Waals surface area contributed by atoms with E-state index in [0.29, 0.717) is 24.2 Å². The van der Waals surface area contributed by atoms with Crippen LogP contribution in [-0.4, -0.2) is 6.61 Å². The largest absolute Gasteiger partial charge is 0.494 e. The van der Waals surface area contributed by atoms with Crippen molar-refractivity contribution in [3.8, 4) is 51.0 Å². The van der Waals surface area contributed by atoms with Crippen molar-refractivity contribution in [2.45, 2.75) is 33.6 Å². The SMILES string of the molecule is CCCOc1ccc(C#Cc2c(F)cc(-c3ccc(-c4ccc(-c5ccc(C)cc5)cc4F)cc3)cc2CC)cc1. The van der Waals surface area contributed by atoms with Gasteiger partial charge in [0.1, 0.15) is 17.4 Å². The second-order valence-corrected chi connectivity index (χ2v) is 10.1. The molecule has 41 heavy (non-hydrogen) atoms. The predicted octanol–water partition coefficient (Wildman–Crippen LogP) is 10.0. The molecule has 0 aliphatic rings. The monoisotopic (exact) mass is 542 g/mol. The van der Waals surface area contributed by atoms with Crippen LogP contribution in [-0.2, 0) is 6.42 Å². The Balaban J connectivity index is 1.37. The molecule has 3 heteroatoms. The second kappa shape index (κ2) is 12.7. The highest BCUT2D eigenvalue weighted by molar-refractivity contribution is 5.74. The third kappa shape index (κ3) is 6.56. The smallest absolute Gasteiger partial charge is 0.139 e. The first-order chi connectivity index (χ1) is 19.9. The number of rotatable bonds is 7. The van der Waals surface area contributed by atoms with Crippen LogP contribution < -0.4 is 4.74 Å². The summed E-state index contributed by atoms with van der Waals surface area (Å²) in [5.41, 5.74) is 7.97. The molecule has 0 bridgehead atoms. The Labute approximate surface area is 241 Å². The number of aryl methyl sites for hydroxylation is 2. The topological polar surface area (TPSA) is 9.23 Å². The van der Waals surface area contributed by atoms with E-state index in [4.69, 9.17) is 4.74 Å². The Morgan fingerprint density at radius 3 is 1.88 bits per heavy atom. The van der Waals surface area contributed by atoms with Gasteiger partial charge in [0.05, 0.1) is 12.2 Å². The van der Waals surface area contributed by atoms with Crippen LogP contribution in [0.2, 0.25) is 0 Å². The van der Waals surface area contributed by atoms with E-state index < -0.39 is 0 Å². The molecule has 5 aromatic carbocycles. The van der Waals surface area contributed by atoms with Gasteiger partial charge in [-0.3, -0.25) is 0 Å². The summed E-state index contributed by atoms with van der Waals surface area (Å²) in [6, 6.07) is 32.0. The van der Waals surface area contributed by atoms with E-state index in [2.05, 4.69) is 18.8 Å². The predicted molar refractivity (Wildman–Crippen MR) is 165 cm³/mol. The average Bonchev–Trinajstić information content (AvgIpc) is 3.00. The lowest BCUT2D eigenvalue weighted by molar-refractivity contribution is 0.317. The third-order valence-electron chi connectivity index (χ3n) is 7.10. The lowest BCUT2D eigenvalue weighted by Gasteiger charge is -2.11. The first kappa shape index (κ1) is 27.9. The highest BCUT2D eigenvalue weighted by Gasteiger charge is 2.12. The fourth-order valence-electron chi connectivity index (χ4n) is 4.76. The third-order valence-corrected chi connectivity index (χ3v) is 7.10. The molecule has 0 aliphatic carbocycles. The zero-order valence-corrected chi connectivity index (χ0v) is 23.6. The maximum absolute atomic E-state index is 15.3. The maximum Gasteiger partial charge on any atom is 0.139 e. The van der Waals surface area contributed by atoms with E-state index in [9.17, 15) is 0 Å². The quantitative estimate of drug-likeness (QED) is 0.186. The molecule has 0 fully saturated rings. The van der Waals surface area contributed by atoms with E-state index in [1.807, 2.05) is 105 Å². The van der Waals surface area contributed by atoms with Crippen molar-refractivity contribution in [3.05, 3.63) is 137 Å². The minimum Gasteiger partial charge on any atom is -0.494 e. The van der Waals surface area contributed by atoms with Crippen LogP contribution in [0.1, 0.15) is 42.5 Å². The zero-order valence-electron chi connectivity index (χ0n) is 23.6. The van der Waals surface area contributed by atoms with Crippen molar-refractivity contribution in [3.63, 3.8) is 0 Å². The summed E-state index contributed by atoms with van der Waals surface area (Å²) in [6.07, 6.45) is 1.59. The van der Waals surface area contributed by atoms with Crippen LogP contribution in [0, 0.1) is 30.4 Å². The molecule has 1 nitrogen and oxygen atoms in total. The molecule has 5 rings (SSSR count). The highest BCUT2D eigenvalue weighted by atomic mass is 19.1. The van der Waals surface area contributed by atoms with Crippen LogP contribution in [0.5, 0.6) is 5.75 Å². The number of benzene rings is 5. The molecule has 0 unspecified atom stereocenters. The van der Waals surface area contributed by atoms with Gasteiger partial charge in [0.2, 0.25) is 0 Å². The summed E-state index contributed by atoms with van der Waals surface area (Å²) < 4.78 is 36.1. The minimum atomic E-state index is -0.350. The van der Waals surface area contributed by atoms with Gasteiger partial charge in [-0.25, -0.2) is 8.78 Å². The average molecular weight is 543 g/mol. The Morgan fingerprint density at radius 1 is 0.610 bits per heavy atom. The highest BCUT2D eigenvalue weighted by Crippen LogP contribution is 2.31. The van der Waals surface area contributed by atoms with Gasteiger partial charge < -0.3 is 4.74 Å². The van der Waals surface area contributed by atoms with Gasteiger partial charge in [-0.05, 0) is 95.6 Å². The molecule has 0 N–H and O–H groups in total. The molecular formula is C38H32F2O. The van der Waals surface area contributed by atoms with E-state index in [1.54, 1.807) is 6.07 Å². The summed E-state index contributed by atoms with van der Waals surface area (Å²) in [5.74, 6) is 6.30. The molecular weight excluding hydrogens is 510 g/mol. The first-order valence-electron chi connectivity index (χ1n) is 14.0. The van der Waals surface area contributed by atoms with Gasteiger partial charge in [0.15, 0.2) is 0 Å². The minimum absolute atomic E-state index is 0.277. The molecule has 5 aromatic rings. The van der Waals surface area contributed by atoms with Crippen LogP contribution in [0.3, 0.4) is 0 Å². The summed E-state index contributed by atoms with van der Waals surface area (Å²) in [5, 5.41) is 0. The van der Waals surface area contributed by atoms with Crippen LogP contribution in [0.25, 0.3) is 33.4 Å². The molecule has 0 aliphatic heterocycles. The molecule has 0 aromatic heterocycles. The molecule has 0 atom stereocenters. The number of ether oxygens (including phenoxy) is 1. The molecule has 0 amide bonds. The molecule has 204 valence electrons. The van der Waals surface area contributed by atoms with Gasteiger partial charge >= 0.3 is 0 Å². The molecule has 0 spiro atoms. The van der Waals surface area contributed by atoms with Gasteiger partial charge in [0, 0.05) is 11.1 Å². The van der Waals surface area contributed by atoms with Gasteiger partial charge in [-0.15, -0.1) is 0 Å². The van der Waals surface area contributed by atoms with Crippen molar-refractivity contribution in [2.75, 3.05) is 6.61 Å². The lowest BCUT2D eigenvalue weighted by Crippen LogP contribution is -1.95. The standard InChI is InChI=1S/C38H32F2O/c1-4-22-41-34-18-8-27(9-19-34)10-20-35-28(5-2)23-33(25-38(35)40)30-13-15-31(16-14-30)36-21-17-32(24-37(36)39)29-11-6-26(3)7-12-29/h6-9,11-19,21,23-25H,4-5,22H2,1-3H3. The summed E-state index contributed by atoms with van der Waals surface area (Å²) >= 11 is 0.